The van der Waals surface area contributed by atoms with Gasteiger partial charge in [-0.3, -0.25) is 9.78 Å². The lowest BCUT2D eigenvalue weighted by molar-refractivity contribution is -0.130. The molecule has 1 aliphatic heterocycles. The van der Waals surface area contributed by atoms with E-state index < -0.39 is 0 Å². The Labute approximate surface area is 144 Å². The minimum atomic E-state index is -0.0197. The molecule has 0 radical (unpaired) electrons. The molecule has 1 aliphatic rings. The molecule has 0 bridgehead atoms. The van der Waals surface area contributed by atoms with Crippen LogP contribution >= 0.6 is 0 Å². The van der Waals surface area contributed by atoms with Crippen LogP contribution in [0.4, 0.5) is 0 Å². The predicted molar refractivity (Wildman–Crippen MR) is 90.1 cm³/mol. The summed E-state index contributed by atoms with van der Waals surface area (Å²) in [5.41, 5.74) is 1.56. The molecule has 0 spiro atoms. The van der Waals surface area contributed by atoms with Crippen molar-refractivity contribution < 1.29 is 9.32 Å². The van der Waals surface area contributed by atoms with E-state index in [9.17, 15) is 4.79 Å². The third-order valence-corrected chi connectivity index (χ3v) is 3.99. The highest BCUT2D eigenvalue weighted by molar-refractivity contribution is 5.92. The Hall–Kier alpha value is -3.35. The summed E-state index contributed by atoms with van der Waals surface area (Å²) in [5, 5.41) is 3.93. The van der Waals surface area contributed by atoms with Crippen molar-refractivity contribution in [3.63, 3.8) is 0 Å². The number of aromatic nitrogens is 4. The number of likely N-dealkylation sites (tertiary alicyclic amines) is 1. The van der Waals surface area contributed by atoms with Gasteiger partial charge in [0.05, 0.1) is 12.1 Å². The van der Waals surface area contributed by atoms with Gasteiger partial charge >= 0.3 is 0 Å². The van der Waals surface area contributed by atoms with Gasteiger partial charge in [0.2, 0.25) is 17.6 Å². The molecule has 7 heteroatoms. The van der Waals surface area contributed by atoms with Crippen molar-refractivity contribution in [1.29, 1.82) is 0 Å². The van der Waals surface area contributed by atoms with E-state index in [0.717, 1.165) is 5.56 Å². The maximum Gasteiger partial charge on any atom is 0.246 e. The summed E-state index contributed by atoms with van der Waals surface area (Å²) in [5.74, 6) is 0.981. The molecule has 3 heterocycles. The van der Waals surface area contributed by atoms with Crippen LogP contribution in [0.5, 0.6) is 0 Å². The van der Waals surface area contributed by atoms with Crippen LogP contribution in [0.2, 0.25) is 0 Å². The van der Waals surface area contributed by atoms with Gasteiger partial charge in [-0.05, 0) is 11.6 Å². The standard InChI is InChI=1S/C18H15N5O2/c24-16(7-6-13-4-2-1-3-5-13)23-11-14(12-23)18-21-17(22-25-18)15-10-19-8-9-20-15/h1-10,14H,11-12H2/b7-6+. The monoisotopic (exact) mass is 333 g/mol. The van der Waals surface area contributed by atoms with Crippen LogP contribution in [0.15, 0.2) is 59.5 Å². The van der Waals surface area contributed by atoms with Crippen molar-refractivity contribution in [2.75, 3.05) is 13.1 Å². The predicted octanol–water partition coefficient (Wildman–Crippen LogP) is 2.17. The average molecular weight is 333 g/mol. The van der Waals surface area contributed by atoms with Crippen LogP contribution in [0, 0.1) is 0 Å². The molecule has 3 aromatic rings. The summed E-state index contributed by atoms with van der Waals surface area (Å²) in [4.78, 5) is 26.4. The van der Waals surface area contributed by atoms with Gasteiger partial charge in [0, 0.05) is 31.6 Å². The first-order valence-electron chi connectivity index (χ1n) is 7.91. The van der Waals surface area contributed by atoms with Crippen molar-refractivity contribution in [2.45, 2.75) is 5.92 Å². The summed E-state index contributed by atoms with van der Waals surface area (Å²) in [6.45, 7) is 1.14. The molecule has 1 saturated heterocycles. The Morgan fingerprint density at radius 3 is 2.80 bits per heavy atom. The minimum Gasteiger partial charge on any atom is -0.338 e. The summed E-state index contributed by atoms with van der Waals surface area (Å²) in [7, 11) is 0. The van der Waals surface area contributed by atoms with Gasteiger partial charge in [-0.1, -0.05) is 35.5 Å². The quantitative estimate of drug-likeness (QED) is 0.680. The van der Waals surface area contributed by atoms with E-state index in [4.69, 9.17) is 4.52 Å². The van der Waals surface area contributed by atoms with Crippen LogP contribution in [0.1, 0.15) is 17.4 Å². The number of carbonyl (C=O) groups excluding carboxylic acids is 1. The highest BCUT2D eigenvalue weighted by Gasteiger charge is 2.34. The first kappa shape index (κ1) is 15.2. The van der Waals surface area contributed by atoms with Gasteiger partial charge in [-0.25, -0.2) is 4.98 Å². The number of carbonyl (C=O) groups is 1. The second kappa shape index (κ2) is 6.64. The zero-order chi connectivity index (χ0) is 17.1. The molecule has 2 aromatic heterocycles. The van der Waals surface area contributed by atoms with Crippen molar-refractivity contribution >= 4 is 12.0 Å². The molecular weight excluding hydrogens is 318 g/mol. The van der Waals surface area contributed by atoms with Gasteiger partial charge in [0.1, 0.15) is 5.69 Å². The Kier molecular flexibility index (Phi) is 4.04. The molecule has 25 heavy (non-hydrogen) atoms. The highest BCUT2D eigenvalue weighted by Crippen LogP contribution is 2.27. The van der Waals surface area contributed by atoms with Crippen molar-refractivity contribution in [1.82, 2.24) is 25.0 Å². The molecule has 1 fully saturated rings. The molecule has 0 saturated carbocycles. The highest BCUT2D eigenvalue weighted by atomic mass is 16.5. The molecule has 1 amide bonds. The number of hydrogen-bond donors (Lipinski definition) is 0. The zero-order valence-electron chi connectivity index (χ0n) is 13.3. The fourth-order valence-corrected chi connectivity index (χ4v) is 2.57. The molecule has 0 aliphatic carbocycles. The van der Waals surface area contributed by atoms with E-state index in [2.05, 4.69) is 20.1 Å². The molecule has 0 N–H and O–H groups in total. The van der Waals surface area contributed by atoms with Crippen molar-refractivity contribution in [3.8, 4) is 11.5 Å². The second-order valence-corrected chi connectivity index (χ2v) is 5.73. The molecule has 0 unspecified atom stereocenters. The van der Waals surface area contributed by atoms with Crippen LogP contribution < -0.4 is 0 Å². The fourth-order valence-electron chi connectivity index (χ4n) is 2.57. The SMILES string of the molecule is O=C(/C=C/c1ccccc1)N1CC(c2nc(-c3cnccn3)no2)C1. The van der Waals surface area contributed by atoms with E-state index in [-0.39, 0.29) is 11.8 Å². The van der Waals surface area contributed by atoms with Gasteiger partial charge in [0.15, 0.2) is 0 Å². The van der Waals surface area contributed by atoms with Gasteiger partial charge in [0.25, 0.3) is 0 Å². The number of nitrogens with zero attached hydrogens (tertiary/aromatic N) is 5. The maximum atomic E-state index is 12.2. The molecular formula is C18H15N5O2. The van der Waals surface area contributed by atoms with E-state index in [1.165, 1.54) is 0 Å². The Bertz CT molecular complexity index is 886. The Morgan fingerprint density at radius 2 is 2.04 bits per heavy atom. The third-order valence-electron chi connectivity index (χ3n) is 3.99. The third kappa shape index (κ3) is 3.30. The molecule has 1 aromatic carbocycles. The zero-order valence-corrected chi connectivity index (χ0v) is 13.3. The Morgan fingerprint density at radius 1 is 1.20 bits per heavy atom. The average Bonchev–Trinajstić information content (AvgIpc) is 3.10. The van der Waals surface area contributed by atoms with Gasteiger partial charge in [-0.15, -0.1) is 0 Å². The molecule has 7 nitrogen and oxygen atoms in total. The van der Waals surface area contributed by atoms with Crippen molar-refractivity contribution in [3.05, 3.63) is 66.5 Å². The second-order valence-electron chi connectivity index (χ2n) is 5.73. The first-order chi connectivity index (χ1) is 12.3. The van der Waals surface area contributed by atoms with E-state index in [0.29, 0.717) is 30.5 Å². The van der Waals surface area contributed by atoms with Crippen LogP contribution in [-0.2, 0) is 4.79 Å². The van der Waals surface area contributed by atoms with Crippen LogP contribution in [0.3, 0.4) is 0 Å². The first-order valence-corrected chi connectivity index (χ1v) is 7.91. The lowest BCUT2D eigenvalue weighted by Crippen LogP contribution is -2.47. The summed E-state index contributed by atoms with van der Waals surface area (Å²) < 4.78 is 5.30. The summed E-state index contributed by atoms with van der Waals surface area (Å²) in [6, 6.07) is 9.73. The molecule has 124 valence electrons. The van der Waals surface area contributed by atoms with E-state index in [1.54, 1.807) is 29.6 Å². The fraction of sp³-hybridized carbons (Fsp3) is 0.167. The molecule has 4 rings (SSSR count). The number of amides is 1. The van der Waals surface area contributed by atoms with E-state index >= 15 is 0 Å². The van der Waals surface area contributed by atoms with Crippen molar-refractivity contribution in [2.24, 2.45) is 0 Å². The number of rotatable bonds is 4. The normalized spacial score (nSPS) is 14.6. The number of hydrogen-bond acceptors (Lipinski definition) is 6. The van der Waals surface area contributed by atoms with Crippen LogP contribution in [-0.4, -0.2) is 44.0 Å². The van der Waals surface area contributed by atoms with Gasteiger partial charge in [-0.2, -0.15) is 4.98 Å². The lowest BCUT2D eigenvalue weighted by atomic mass is 10.00. The maximum absolute atomic E-state index is 12.2. The topological polar surface area (TPSA) is 85.0 Å². The largest absolute Gasteiger partial charge is 0.338 e. The van der Waals surface area contributed by atoms with E-state index in [1.807, 2.05) is 36.4 Å². The lowest BCUT2D eigenvalue weighted by Gasteiger charge is -2.36. The Balaban J connectivity index is 1.35. The molecule has 0 atom stereocenters. The number of benzene rings is 1. The summed E-state index contributed by atoms with van der Waals surface area (Å²) >= 11 is 0. The smallest absolute Gasteiger partial charge is 0.246 e. The minimum absolute atomic E-state index is 0.0197. The van der Waals surface area contributed by atoms with Gasteiger partial charge < -0.3 is 9.42 Å². The summed E-state index contributed by atoms with van der Waals surface area (Å²) in [6.07, 6.45) is 8.15. The van der Waals surface area contributed by atoms with Crippen LogP contribution in [0.25, 0.3) is 17.6 Å².